The van der Waals surface area contributed by atoms with Crippen molar-refractivity contribution in [3.05, 3.63) is 11.3 Å². The molecular weight excluding hydrogens is 252 g/mol. The Hall–Kier alpha value is -1.07. The second-order valence-corrected chi connectivity index (χ2v) is 5.80. The third-order valence-corrected chi connectivity index (χ3v) is 4.10. The monoisotopic (exact) mass is 280 g/mol. The Balaban J connectivity index is 2.27. The molecule has 114 valence electrons. The Kier molecular flexibility index (Phi) is 5.05. The second kappa shape index (κ2) is 6.59. The number of nitrogens with zero attached hydrogens (tertiary/aromatic N) is 3. The van der Waals surface area contributed by atoms with E-state index in [2.05, 4.69) is 23.8 Å². The van der Waals surface area contributed by atoms with Gasteiger partial charge in [-0.3, -0.25) is 4.68 Å². The van der Waals surface area contributed by atoms with Crippen LogP contribution in [-0.2, 0) is 18.2 Å². The van der Waals surface area contributed by atoms with Gasteiger partial charge in [0.25, 0.3) is 0 Å². The summed E-state index contributed by atoms with van der Waals surface area (Å²) in [5, 5.41) is 4.62. The van der Waals surface area contributed by atoms with E-state index in [0.717, 1.165) is 31.7 Å². The highest BCUT2D eigenvalue weighted by Crippen LogP contribution is 2.34. The van der Waals surface area contributed by atoms with Gasteiger partial charge in [0.15, 0.2) is 0 Å². The number of aromatic nitrogens is 2. The minimum Gasteiger partial charge on any atom is -0.383 e. The van der Waals surface area contributed by atoms with E-state index in [1.807, 2.05) is 11.7 Å². The highest BCUT2D eigenvalue weighted by molar-refractivity contribution is 5.52. The summed E-state index contributed by atoms with van der Waals surface area (Å²) in [5.74, 6) is 1.24. The summed E-state index contributed by atoms with van der Waals surface area (Å²) >= 11 is 0. The van der Waals surface area contributed by atoms with Gasteiger partial charge in [0, 0.05) is 38.3 Å². The second-order valence-electron chi connectivity index (χ2n) is 5.80. The van der Waals surface area contributed by atoms with Crippen LogP contribution in [0, 0.1) is 6.92 Å². The van der Waals surface area contributed by atoms with E-state index in [4.69, 9.17) is 10.5 Å². The molecule has 0 saturated heterocycles. The molecule has 5 nitrogen and oxygen atoms in total. The molecule has 1 unspecified atom stereocenters. The Bertz CT molecular complexity index is 439. The molecule has 0 aliphatic heterocycles. The van der Waals surface area contributed by atoms with Crippen molar-refractivity contribution in [3.63, 3.8) is 0 Å². The maximum atomic E-state index is 6.16. The molecule has 2 rings (SSSR count). The molecule has 0 aromatic carbocycles. The van der Waals surface area contributed by atoms with Gasteiger partial charge in [-0.25, -0.2) is 0 Å². The highest BCUT2D eigenvalue weighted by atomic mass is 16.5. The number of hydrogen-bond acceptors (Lipinski definition) is 4. The van der Waals surface area contributed by atoms with Gasteiger partial charge in [-0.05, 0) is 32.6 Å². The molecule has 1 heterocycles. The van der Waals surface area contributed by atoms with E-state index in [-0.39, 0.29) is 6.04 Å². The SMILES string of the molecule is CCC(N)Cc1c(C)nn(C)c1N(CCOC)C1CC1. The van der Waals surface area contributed by atoms with Gasteiger partial charge in [0.1, 0.15) is 5.82 Å². The van der Waals surface area contributed by atoms with Crippen molar-refractivity contribution in [2.75, 3.05) is 25.2 Å². The zero-order valence-electron chi connectivity index (χ0n) is 13.2. The number of rotatable bonds is 8. The zero-order valence-corrected chi connectivity index (χ0v) is 13.2. The number of anilines is 1. The first-order valence-corrected chi connectivity index (χ1v) is 7.62. The summed E-state index contributed by atoms with van der Waals surface area (Å²) in [6, 6.07) is 0.858. The smallest absolute Gasteiger partial charge is 0.130 e. The van der Waals surface area contributed by atoms with Crippen molar-refractivity contribution < 1.29 is 4.74 Å². The highest BCUT2D eigenvalue weighted by Gasteiger charge is 2.33. The minimum absolute atomic E-state index is 0.208. The van der Waals surface area contributed by atoms with Crippen LogP contribution in [0.2, 0.25) is 0 Å². The quantitative estimate of drug-likeness (QED) is 0.786. The largest absolute Gasteiger partial charge is 0.383 e. The average Bonchev–Trinajstić information content (AvgIpc) is 3.21. The lowest BCUT2D eigenvalue weighted by molar-refractivity contribution is 0.204. The van der Waals surface area contributed by atoms with Gasteiger partial charge in [0.05, 0.1) is 12.3 Å². The first-order valence-electron chi connectivity index (χ1n) is 7.62. The zero-order chi connectivity index (χ0) is 14.7. The Morgan fingerprint density at radius 1 is 1.50 bits per heavy atom. The van der Waals surface area contributed by atoms with Crippen LogP contribution in [0.1, 0.15) is 37.4 Å². The average molecular weight is 280 g/mol. The maximum absolute atomic E-state index is 6.16. The lowest BCUT2D eigenvalue weighted by atomic mass is 10.0. The van der Waals surface area contributed by atoms with E-state index < -0.39 is 0 Å². The summed E-state index contributed by atoms with van der Waals surface area (Å²) in [6.07, 6.45) is 4.44. The van der Waals surface area contributed by atoms with E-state index in [0.29, 0.717) is 6.04 Å². The standard InChI is InChI=1S/C15H28N4O/c1-5-12(16)10-14-11(2)17-18(3)15(14)19(8-9-20-4)13-6-7-13/h12-13H,5-10,16H2,1-4H3. The molecule has 5 heteroatoms. The molecule has 1 aliphatic rings. The predicted molar refractivity (Wildman–Crippen MR) is 82.2 cm³/mol. The van der Waals surface area contributed by atoms with Crippen LogP contribution in [0.3, 0.4) is 0 Å². The van der Waals surface area contributed by atoms with Crippen molar-refractivity contribution in [3.8, 4) is 0 Å². The molecule has 1 saturated carbocycles. The summed E-state index contributed by atoms with van der Waals surface area (Å²) in [6.45, 7) is 5.90. The summed E-state index contributed by atoms with van der Waals surface area (Å²) in [7, 11) is 3.79. The topological polar surface area (TPSA) is 56.3 Å². The Labute approximate surface area is 122 Å². The van der Waals surface area contributed by atoms with Crippen molar-refractivity contribution in [1.29, 1.82) is 0 Å². The van der Waals surface area contributed by atoms with Crippen LogP contribution in [-0.4, -0.2) is 42.1 Å². The van der Waals surface area contributed by atoms with E-state index >= 15 is 0 Å². The van der Waals surface area contributed by atoms with Crippen molar-refractivity contribution in [1.82, 2.24) is 9.78 Å². The molecule has 0 radical (unpaired) electrons. The van der Waals surface area contributed by atoms with E-state index in [9.17, 15) is 0 Å². The lowest BCUT2D eigenvalue weighted by Crippen LogP contribution is -2.33. The van der Waals surface area contributed by atoms with Crippen molar-refractivity contribution in [2.45, 2.75) is 51.6 Å². The number of nitrogens with two attached hydrogens (primary N) is 1. The molecule has 1 aromatic heterocycles. The van der Waals surface area contributed by atoms with Crippen LogP contribution < -0.4 is 10.6 Å². The maximum Gasteiger partial charge on any atom is 0.130 e. The first-order chi connectivity index (χ1) is 9.58. The third-order valence-electron chi connectivity index (χ3n) is 4.10. The molecule has 1 fully saturated rings. The fraction of sp³-hybridized carbons (Fsp3) is 0.800. The molecule has 0 bridgehead atoms. The Morgan fingerprint density at radius 3 is 2.75 bits per heavy atom. The van der Waals surface area contributed by atoms with Gasteiger partial charge in [-0.2, -0.15) is 5.10 Å². The van der Waals surface area contributed by atoms with Crippen LogP contribution in [0.25, 0.3) is 0 Å². The molecule has 0 spiro atoms. The van der Waals surface area contributed by atoms with Gasteiger partial charge < -0.3 is 15.4 Å². The number of methoxy groups -OCH3 is 1. The lowest BCUT2D eigenvalue weighted by Gasteiger charge is -2.26. The fourth-order valence-corrected chi connectivity index (χ4v) is 2.73. The number of aryl methyl sites for hydroxylation is 2. The van der Waals surface area contributed by atoms with Gasteiger partial charge in [-0.1, -0.05) is 6.92 Å². The van der Waals surface area contributed by atoms with E-state index in [1.165, 1.54) is 24.2 Å². The van der Waals surface area contributed by atoms with Crippen molar-refractivity contribution in [2.24, 2.45) is 12.8 Å². The number of ether oxygens (including phenoxy) is 1. The fourth-order valence-electron chi connectivity index (χ4n) is 2.73. The summed E-state index contributed by atoms with van der Waals surface area (Å²) in [4.78, 5) is 2.46. The minimum atomic E-state index is 0.208. The third kappa shape index (κ3) is 3.33. The molecule has 1 aromatic rings. The molecular formula is C15H28N4O. The van der Waals surface area contributed by atoms with Crippen LogP contribution in [0.5, 0.6) is 0 Å². The van der Waals surface area contributed by atoms with Crippen LogP contribution in [0.15, 0.2) is 0 Å². The van der Waals surface area contributed by atoms with Crippen molar-refractivity contribution >= 4 is 5.82 Å². The van der Waals surface area contributed by atoms with Gasteiger partial charge in [-0.15, -0.1) is 0 Å². The molecule has 2 N–H and O–H groups in total. The number of hydrogen-bond donors (Lipinski definition) is 1. The first kappa shape index (κ1) is 15.3. The molecule has 1 atom stereocenters. The summed E-state index contributed by atoms with van der Waals surface area (Å²) < 4.78 is 7.28. The van der Waals surface area contributed by atoms with Crippen LogP contribution >= 0.6 is 0 Å². The van der Waals surface area contributed by atoms with Crippen LogP contribution in [0.4, 0.5) is 5.82 Å². The van der Waals surface area contributed by atoms with E-state index in [1.54, 1.807) is 7.11 Å². The Morgan fingerprint density at radius 2 is 2.20 bits per heavy atom. The summed E-state index contributed by atoms with van der Waals surface area (Å²) in [5.41, 5.74) is 8.58. The molecule has 1 aliphatic carbocycles. The molecule has 0 amide bonds. The van der Waals surface area contributed by atoms with Gasteiger partial charge >= 0.3 is 0 Å². The predicted octanol–water partition coefficient (Wildman–Crippen LogP) is 1.62. The normalized spacial score (nSPS) is 16.4. The van der Waals surface area contributed by atoms with Gasteiger partial charge in [0.2, 0.25) is 0 Å². The molecule has 20 heavy (non-hydrogen) atoms.